The summed E-state index contributed by atoms with van der Waals surface area (Å²) in [6.45, 7) is 2.04. The molecule has 0 bridgehead atoms. The Morgan fingerprint density at radius 3 is 2.87 bits per heavy atom. The zero-order valence-corrected chi connectivity index (χ0v) is 8.38. The van der Waals surface area contributed by atoms with Crippen LogP contribution in [0.2, 0.25) is 0 Å². The molecule has 0 atom stereocenters. The largest absolute Gasteiger partial charge is 0.288 e. The number of hydrogen-bond acceptors (Lipinski definition) is 3. The van der Waals surface area contributed by atoms with Crippen molar-refractivity contribution < 1.29 is 0 Å². The molecule has 2 heterocycles. The summed E-state index contributed by atoms with van der Waals surface area (Å²) in [5.74, 6) is 1.76. The van der Waals surface area contributed by atoms with Gasteiger partial charge in [-0.2, -0.15) is 5.26 Å². The molecule has 2 rings (SSSR count). The summed E-state index contributed by atoms with van der Waals surface area (Å²) < 4.78 is 1.92. The first-order valence-corrected chi connectivity index (χ1v) is 4.74. The molecule has 0 aliphatic carbocycles. The first kappa shape index (κ1) is 9.41. The van der Waals surface area contributed by atoms with E-state index in [2.05, 4.69) is 9.97 Å². The van der Waals surface area contributed by atoms with Crippen LogP contribution in [-0.2, 0) is 6.42 Å². The van der Waals surface area contributed by atoms with Gasteiger partial charge in [0.15, 0.2) is 0 Å². The molecular formula is C11H10N4. The fourth-order valence-corrected chi connectivity index (χ4v) is 1.40. The average molecular weight is 198 g/mol. The molecule has 15 heavy (non-hydrogen) atoms. The van der Waals surface area contributed by atoms with Crippen molar-refractivity contribution in [3.63, 3.8) is 0 Å². The smallest absolute Gasteiger partial charge is 0.138 e. The van der Waals surface area contributed by atoms with Crippen molar-refractivity contribution in [3.05, 3.63) is 42.1 Å². The van der Waals surface area contributed by atoms with E-state index in [0.29, 0.717) is 5.56 Å². The van der Waals surface area contributed by atoms with E-state index in [9.17, 15) is 0 Å². The molecule has 2 aromatic rings. The van der Waals surface area contributed by atoms with Crippen LogP contribution in [0.25, 0.3) is 5.82 Å². The number of nitrogens with zero attached hydrogens (tertiary/aromatic N) is 4. The molecule has 0 amide bonds. The lowest BCUT2D eigenvalue weighted by Crippen LogP contribution is -2.01. The summed E-state index contributed by atoms with van der Waals surface area (Å²) in [5.41, 5.74) is 0.567. The lowest BCUT2D eigenvalue weighted by atomic mass is 10.3. The molecule has 0 aromatic carbocycles. The van der Waals surface area contributed by atoms with Crippen LogP contribution in [0.5, 0.6) is 0 Å². The first-order chi connectivity index (χ1) is 7.35. The van der Waals surface area contributed by atoms with Crippen molar-refractivity contribution in [1.29, 1.82) is 5.26 Å². The third-order valence-corrected chi connectivity index (χ3v) is 2.16. The molecule has 74 valence electrons. The van der Waals surface area contributed by atoms with E-state index in [1.165, 1.54) is 0 Å². The standard InChI is InChI=1S/C11H10N4/c1-2-10-13-5-6-15(10)11-4-3-9(7-12)8-14-11/h3-6,8H,2H2,1H3. The van der Waals surface area contributed by atoms with E-state index < -0.39 is 0 Å². The second-order valence-corrected chi connectivity index (χ2v) is 3.08. The Hall–Kier alpha value is -2.15. The topological polar surface area (TPSA) is 54.5 Å². The predicted molar refractivity (Wildman–Crippen MR) is 55.5 cm³/mol. The Morgan fingerprint density at radius 1 is 1.40 bits per heavy atom. The van der Waals surface area contributed by atoms with Crippen LogP contribution >= 0.6 is 0 Å². The number of hydrogen-bond donors (Lipinski definition) is 0. The van der Waals surface area contributed by atoms with Crippen LogP contribution in [-0.4, -0.2) is 14.5 Å². The number of pyridine rings is 1. The predicted octanol–water partition coefficient (Wildman–Crippen LogP) is 1.70. The second kappa shape index (κ2) is 3.93. The Balaban J connectivity index is 2.42. The summed E-state index contributed by atoms with van der Waals surface area (Å²) in [7, 11) is 0. The molecule has 0 saturated heterocycles. The number of rotatable bonds is 2. The van der Waals surface area contributed by atoms with Gasteiger partial charge >= 0.3 is 0 Å². The van der Waals surface area contributed by atoms with Crippen LogP contribution in [0, 0.1) is 11.3 Å². The third-order valence-electron chi connectivity index (χ3n) is 2.16. The molecule has 0 N–H and O–H groups in total. The van der Waals surface area contributed by atoms with E-state index in [1.54, 1.807) is 18.5 Å². The summed E-state index contributed by atoms with van der Waals surface area (Å²) in [6, 6.07) is 5.61. The molecule has 0 unspecified atom stereocenters. The molecule has 0 aliphatic heterocycles. The summed E-state index contributed by atoms with van der Waals surface area (Å²) >= 11 is 0. The molecule has 4 nitrogen and oxygen atoms in total. The Bertz CT molecular complexity index is 490. The number of imidazole rings is 1. The van der Waals surface area contributed by atoms with Gasteiger partial charge in [0.1, 0.15) is 17.7 Å². The maximum atomic E-state index is 8.65. The van der Waals surface area contributed by atoms with Crippen LogP contribution in [0.4, 0.5) is 0 Å². The quantitative estimate of drug-likeness (QED) is 0.738. The minimum atomic E-state index is 0.567. The van der Waals surface area contributed by atoms with Crippen LogP contribution in [0.15, 0.2) is 30.7 Å². The molecule has 2 aromatic heterocycles. The van der Waals surface area contributed by atoms with E-state index in [-0.39, 0.29) is 0 Å². The van der Waals surface area contributed by atoms with E-state index >= 15 is 0 Å². The first-order valence-electron chi connectivity index (χ1n) is 4.74. The van der Waals surface area contributed by atoms with Gasteiger partial charge in [-0.05, 0) is 12.1 Å². The highest BCUT2D eigenvalue weighted by molar-refractivity contribution is 5.32. The Kier molecular flexibility index (Phi) is 2.46. The van der Waals surface area contributed by atoms with Crippen LogP contribution in [0.3, 0.4) is 0 Å². The van der Waals surface area contributed by atoms with E-state index in [4.69, 9.17) is 5.26 Å². The highest BCUT2D eigenvalue weighted by atomic mass is 15.1. The summed E-state index contributed by atoms with van der Waals surface area (Å²) in [6.07, 6.45) is 6.04. The van der Waals surface area contributed by atoms with Gasteiger partial charge in [-0.25, -0.2) is 9.97 Å². The SMILES string of the molecule is CCc1nccn1-c1ccc(C#N)cn1. The van der Waals surface area contributed by atoms with Crippen molar-refractivity contribution in [2.45, 2.75) is 13.3 Å². The average Bonchev–Trinajstić information content (AvgIpc) is 2.77. The highest BCUT2D eigenvalue weighted by Gasteiger charge is 2.03. The van der Waals surface area contributed by atoms with E-state index in [1.807, 2.05) is 29.8 Å². The van der Waals surface area contributed by atoms with Gasteiger partial charge in [0.05, 0.1) is 5.56 Å². The summed E-state index contributed by atoms with van der Waals surface area (Å²) in [4.78, 5) is 8.41. The van der Waals surface area contributed by atoms with E-state index in [0.717, 1.165) is 18.1 Å². The lowest BCUT2D eigenvalue weighted by Gasteiger charge is -2.04. The van der Waals surface area contributed by atoms with Crippen molar-refractivity contribution in [2.24, 2.45) is 0 Å². The van der Waals surface area contributed by atoms with Crippen molar-refractivity contribution in [1.82, 2.24) is 14.5 Å². The molecule has 0 radical (unpaired) electrons. The minimum Gasteiger partial charge on any atom is -0.288 e. The van der Waals surface area contributed by atoms with Crippen molar-refractivity contribution in [2.75, 3.05) is 0 Å². The zero-order chi connectivity index (χ0) is 10.7. The Morgan fingerprint density at radius 2 is 2.27 bits per heavy atom. The van der Waals surface area contributed by atoms with Gasteiger partial charge in [-0.1, -0.05) is 6.92 Å². The number of nitriles is 1. The molecule has 0 spiro atoms. The van der Waals surface area contributed by atoms with Crippen molar-refractivity contribution >= 4 is 0 Å². The fourth-order valence-electron chi connectivity index (χ4n) is 1.40. The minimum absolute atomic E-state index is 0.567. The maximum Gasteiger partial charge on any atom is 0.138 e. The normalized spacial score (nSPS) is 9.87. The lowest BCUT2D eigenvalue weighted by molar-refractivity contribution is 0.867. The molecule has 0 fully saturated rings. The molecule has 0 aliphatic rings. The van der Waals surface area contributed by atoms with Gasteiger partial charge in [0.25, 0.3) is 0 Å². The van der Waals surface area contributed by atoms with Gasteiger partial charge in [-0.3, -0.25) is 4.57 Å². The maximum absolute atomic E-state index is 8.65. The van der Waals surface area contributed by atoms with Crippen LogP contribution in [0.1, 0.15) is 18.3 Å². The highest BCUT2D eigenvalue weighted by Crippen LogP contribution is 2.08. The second-order valence-electron chi connectivity index (χ2n) is 3.08. The summed E-state index contributed by atoms with van der Waals surface area (Å²) in [5, 5.41) is 8.65. The van der Waals surface area contributed by atoms with Gasteiger partial charge in [0, 0.05) is 25.0 Å². The van der Waals surface area contributed by atoms with Gasteiger partial charge < -0.3 is 0 Å². The van der Waals surface area contributed by atoms with Gasteiger partial charge in [0.2, 0.25) is 0 Å². The van der Waals surface area contributed by atoms with Crippen molar-refractivity contribution in [3.8, 4) is 11.9 Å². The number of aryl methyl sites for hydroxylation is 1. The molecular weight excluding hydrogens is 188 g/mol. The fraction of sp³-hybridized carbons (Fsp3) is 0.182. The Labute approximate surface area is 87.8 Å². The third kappa shape index (κ3) is 1.72. The molecule has 4 heteroatoms. The number of aromatic nitrogens is 3. The van der Waals surface area contributed by atoms with Gasteiger partial charge in [-0.15, -0.1) is 0 Å². The zero-order valence-electron chi connectivity index (χ0n) is 8.38. The van der Waals surface area contributed by atoms with Crippen LogP contribution < -0.4 is 0 Å². The monoisotopic (exact) mass is 198 g/mol. The molecule has 0 saturated carbocycles.